The van der Waals surface area contributed by atoms with Gasteiger partial charge in [0, 0.05) is 16.8 Å². The Kier molecular flexibility index (Phi) is 3.86. The molecule has 0 N–H and O–H groups in total. The highest BCUT2D eigenvalue weighted by Crippen LogP contribution is 2.40. The predicted molar refractivity (Wildman–Crippen MR) is 68.9 cm³/mol. The second-order valence-corrected chi connectivity index (χ2v) is 6.65. The third-order valence-electron chi connectivity index (χ3n) is 3.29. The van der Waals surface area contributed by atoms with Crippen LogP contribution >= 0.6 is 27.3 Å². The molecule has 1 aliphatic rings. The first-order valence-electron chi connectivity index (χ1n) is 5.46. The average Bonchev–Trinajstić information content (AvgIpc) is 2.64. The van der Waals surface area contributed by atoms with Gasteiger partial charge in [-0.05, 0) is 43.6 Å². The van der Waals surface area contributed by atoms with E-state index in [1.807, 2.05) is 18.4 Å². The number of hydrogen-bond acceptors (Lipinski definition) is 2. The van der Waals surface area contributed by atoms with Gasteiger partial charge in [0.2, 0.25) is 0 Å². The van der Waals surface area contributed by atoms with Gasteiger partial charge in [0.15, 0.2) is 0 Å². The van der Waals surface area contributed by atoms with Gasteiger partial charge in [0.25, 0.3) is 0 Å². The molecule has 1 aliphatic carbocycles. The first-order valence-corrected chi connectivity index (χ1v) is 7.25. The molecule has 1 aromatic heterocycles. The number of thiophene rings is 1. The van der Waals surface area contributed by atoms with Crippen LogP contribution in [0.5, 0.6) is 0 Å². The minimum absolute atomic E-state index is 0.186. The molecule has 15 heavy (non-hydrogen) atoms. The summed E-state index contributed by atoms with van der Waals surface area (Å²) in [6.45, 7) is 0. The van der Waals surface area contributed by atoms with E-state index in [0.717, 1.165) is 12.8 Å². The fraction of sp³-hybridized carbons (Fsp3) is 0.667. The van der Waals surface area contributed by atoms with E-state index in [4.69, 9.17) is 4.74 Å². The van der Waals surface area contributed by atoms with Crippen molar-refractivity contribution in [2.45, 2.75) is 42.5 Å². The van der Waals surface area contributed by atoms with E-state index >= 15 is 0 Å². The van der Waals surface area contributed by atoms with Crippen molar-refractivity contribution in [3.8, 4) is 0 Å². The molecule has 84 valence electrons. The Morgan fingerprint density at radius 2 is 2.40 bits per heavy atom. The minimum Gasteiger partial charge on any atom is -0.378 e. The molecule has 1 heterocycles. The van der Waals surface area contributed by atoms with Gasteiger partial charge in [0.1, 0.15) is 0 Å². The van der Waals surface area contributed by atoms with Crippen molar-refractivity contribution in [1.29, 1.82) is 0 Å². The standard InChI is InChI=1S/C12H17BrOS/c1-14-12(5-3-6-12)9-10(13)8-11-4-2-7-15-11/h2,4,7,10H,3,5-6,8-9H2,1H3. The Morgan fingerprint density at radius 1 is 1.60 bits per heavy atom. The summed E-state index contributed by atoms with van der Waals surface area (Å²) in [5, 5.41) is 2.14. The molecule has 1 nitrogen and oxygen atoms in total. The summed E-state index contributed by atoms with van der Waals surface area (Å²) in [5.74, 6) is 0. The lowest BCUT2D eigenvalue weighted by Gasteiger charge is -2.41. The van der Waals surface area contributed by atoms with Gasteiger partial charge in [-0.2, -0.15) is 0 Å². The summed E-state index contributed by atoms with van der Waals surface area (Å²) in [6.07, 6.45) is 6.06. The Hall–Kier alpha value is 0.140. The van der Waals surface area contributed by atoms with Gasteiger partial charge in [-0.3, -0.25) is 0 Å². The molecular formula is C12H17BrOS. The van der Waals surface area contributed by atoms with Crippen molar-refractivity contribution in [3.63, 3.8) is 0 Å². The summed E-state index contributed by atoms with van der Waals surface area (Å²) < 4.78 is 5.64. The van der Waals surface area contributed by atoms with Crippen molar-refractivity contribution < 1.29 is 4.74 Å². The first kappa shape index (κ1) is 11.6. The molecule has 1 fully saturated rings. The lowest BCUT2D eigenvalue weighted by atomic mass is 9.76. The molecule has 1 atom stereocenters. The smallest absolute Gasteiger partial charge is 0.0689 e. The molecule has 0 aliphatic heterocycles. The molecule has 1 unspecified atom stereocenters. The summed E-state index contributed by atoms with van der Waals surface area (Å²) in [4.78, 5) is 2.01. The van der Waals surface area contributed by atoms with Crippen molar-refractivity contribution in [2.24, 2.45) is 0 Å². The van der Waals surface area contributed by atoms with Gasteiger partial charge < -0.3 is 4.74 Å². The van der Waals surface area contributed by atoms with Crippen molar-refractivity contribution >= 4 is 27.3 Å². The molecule has 3 heteroatoms. The summed E-state index contributed by atoms with van der Waals surface area (Å²) in [7, 11) is 1.85. The molecular weight excluding hydrogens is 272 g/mol. The highest BCUT2D eigenvalue weighted by atomic mass is 79.9. The maximum atomic E-state index is 5.64. The molecule has 0 amide bonds. The third-order valence-corrected chi connectivity index (χ3v) is 4.84. The Balaban J connectivity index is 1.84. The van der Waals surface area contributed by atoms with E-state index in [1.54, 1.807) is 0 Å². The van der Waals surface area contributed by atoms with Crippen LogP contribution < -0.4 is 0 Å². The molecule has 0 bridgehead atoms. The van der Waals surface area contributed by atoms with Gasteiger partial charge in [-0.25, -0.2) is 0 Å². The summed E-state index contributed by atoms with van der Waals surface area (Å²) in [5.41, 5.74) is 0.186. The molecule has 0 radical (unpaired) electrons. The van der Waals surface area contributed by atoms with E-state index < -0.39 is 0 Å². The maximum absolute atomic E-state index is 5.64. The number of rotatable bonds is 5. The molecule has 0 saturated heterocycles. The fourth-order valence-corrected chi connectivity index (χ4v) is 4.13. The van der Waals surface area contributed by atoms with Gasteiger partial charge in [-0.1, -0.05) is 22.0 Å². The van der Waals surface area contributed by atoms with E-state index in [0.29, 0.717) is 4.83 Å². The van der Waals surface area contributed by atoms with Crippen molar-refractivity contribution in [2.75, 3.05) is 7.11 Å². The van der Waals surface area contributed by atoms with Gasteiger partial charge in [0.05, 0.1) is 5.60 Å². The Labute approximate surface area is 104 Å². The van der Waals surface area contributed by atoms with Crippen LogP contribution in [0.2, 0.25) is 0 Å². The molecule has 1 aromatic rings. The second kappa shape index (κ2) is 4.98. The van der Waals surface area contributed by atoms with Crippen molar-refractivity contribution in [3.05, 3.63) is 22.4 Å². The molecule has 0 spiro atoms. The Bertz CT molecular complexity index is 287. The van der Waals surface area contributed by atoms with E-state index in [-0.39, 0.29) is 5.60 Å². The van der Waals surface area contributed by atoms with Crippen LogP contribution in [-0.4, -0.2) is 17.5 Å². The van der Waals surface area contributed by atoms with Crippen LogP contribution in [0.3, 0.4) is 0 Å². The predicted octanol–water partition coefficient (Wildman–Crippen LogP) is 4.01. The quantitative estimate of drug-likeness (QED) is 0.744. The van der Waals surface area contributed by atoms with Crippen LogP contribution in [0.1, 0.15) is 30.6 Å². The minimum atomic E-state index is 0.186. The molecule has 0 aromatic carbocycles. The zero-order valence-electron chi connectivity index (χ0n) is 9.04. The maximum Gasteiger partial charge on any atom is 0.0689 e. The van der Waals surface area contributed by atoms with Crippen LogP contribution in [0.25, 0.3) is 0 Å². The van der Waals surface area contributed by atoms with Crippen LogP contribution in [0.4, 0.5) is 0 Å². The normalized spacial score (nSPS) is 20.9. The average molecular weight is 289 g/mol. The topological polar surface area (TPSA) is 9.23 Å². The van der Waals surface area contributed by atoms with Crippen molar-refractivity contribution in [1.82, 2.24) is 0 Å². The number of halogens is 1. The Morgan fingerprint density at radius 3 is 2.87 bits per heavy atom. The highest BCUT2D eigenvalue weighted by molar-refractivity contribution is 9.09. The van der Waals surface area contributed by atoms with E-state index in [9.17, 15) is 0 Å². The molecule has 2 rings (SSSR count). The van der Waals surface area contributed by atoms with Crippen LogP contribution in [0, 0.1) is 0 Å². The lowest BCUT2D eigenvalue weighted by molar-refractivity contribution is -0.0770. The second-order valence-electron chi connectivity index (χ2n) is 4.33. The zero-order chi connectivity index (χ0) is 10.7. The summed E-state index contributed by atoms with van der Waals surface area (Å²) >= 11 is 5.62. The van der Waals surface area contributed by atoms with Crippen LogP contribution in [-0.2, 0) is 11.2 Å². The van der Waals surface area contributed by atoms with E-state index in [1.165, 1.54) is 24.1 Å². The fourth-order valence-electron chi connectivity index (χ4n) is 2.19. The van der Waals surface area contributed by atoms with Gasteiger partial charge >= 0.3 is 0 Å². The number of ether oxygens (including phenoxy) is 1. The monoisotopic (exact) mass is 288 g/mol. The number of hydrogen-bond donors (Lipinski definition) is 0. The third kappa shape index (κ3) is 2.83. The number of methoxy groups -OCH3 is 1. The largest absolute Gasteiger partial charge is 0.378 e. The lowest BCUT2D eigenvalue weighted by Crippen LogP contribution is -2.41. The first-order chi connectivity index (χ1) is 7.24. The SMILES string of the molecule is COC1(CC(Br)Cc2cccs2)CCC1. The van der Waals surface area contributed by atoms with Crippen LogP contribution in [0.15, 0.2) is 17.5 Å². The number of alkyl halides is 1. The van der Waals surface area contributed by atoms with Gasteiger partial charge in [-0.15, -0.1) is 11.3 Å². The summed E-state index contributed by atoms with van der Waals surface area (Å²) in [6, 6.07) is 4.33. The zero-order valence-corrected chi connectivity index (χ0v) is 11.4. The van der Waals surface area contributed by atoms with E-state index in [2.05, 4.69) is 33.4 Å². The highest BCUT2D eigenvalue weighted by Gasteiger charge is 2.38. The molecule has 1 saturated carbocycles.